The molecule has 0 bridgehead atoms. The standard InChI is InChI=1S/C28H25F7N4O2S/c1-15(2)37-8-7-23(21(29)14-37)39-25(40)24(42-26(39)41)10-16-3-6-22-18(9-16)12-36-38(22)13-17-4-5-19(27(30,31)32)11-20(17)28(33,34)35/h3-6,9-12,15,21,23H,7-8,13-14H2,1-2H3/b24-10-/t21-,23-/m0/s1. The maximum atomic E-state index is 15.0. The van der Waals surface area contributed by atoms with Crippen LogP contribution in [0.15, 0.2) is 47.5 Å². The maximum Gasteiger partial charge on any atom is 0.416 e. The molecule has 3 aromatic rings. The highest BCUT2D eigenvalue weighted by molar-refractivity contribution is 8.18. The summed E-state index contributed by atoms with van der Waals surface area (Å²) in [6, 6.07) is 5.50. The molecule has 0 saturated carbocycles. The number of halogens is 7. The minimum atomic E-state index is -5.01. The van der Waals surface area contributed by atoms with Crippen molar-refractivity contribution < 1.29 is 40.3 Å². The first-order chi connectivity index (χ1) is 19.6. The van der Waals surface area contributed by atoms with Gasteiger partial charge in [-0.2, -0.15) is 31.4 Å². The van der Waals surface area contributed by atoms with E-state index in [1.54, 1.807) is 18.2 Å². The van der Waals surface area contributed by atoms with Gasteiger partial charge in [-0.05, 0) is 73.5 Å². The van der Waals surface area contributed by atoms with E-state index in [1.807, 2.05) is 18.7 Å². The minimum absolute atomic E-state index is 0.0882. The van der Waals surface area contributed by atoms with Crippen LogP contribution < -0.4 is 0 Å². The molecular formula is C28H25F7N4O2S. The largest absolute Gasteiger partial charge is 0.416 e. The quantitative estimate of drug-likeness (QED) is 0.229. The van der Waals surface area contributed by atoms with E-state index in [0.717, 1.165) is 11.0 Å². The first kappa shape index (κ1) is 30.1. The van der Waals surface area contributed by atoms with Crippen LogP contribution in [0.2, 0.25) is 0 Å². The highest BCUT2D eigenvalue weighted by Gasteiger charge is 2.45. The zero-order valence-corrected chi connectivity index (χ0v) is 23.2. The molecule has 2 atom stereocenters. The van der Waals surface area contributed by atoms with Crippen LogP contribution in [0.3, 0.4) is 0 Å². The molecule has 1 aromatic heterocycles. The van der Waals surface area contributed by atoms with Crippen LogP contribution in [-0.2, 0) is 23.7 Å². The summed E-state index contributed by atoms with van der Waals surface area (Å²) in [6.45, 7) is 4.15. The van der Waals surface area contributed by atoms with Gasteiger partial charge in [0.05, 0.1) is 40.3 Å². The van der Waals surface area contributed by atoms with E-state index in [4.69, 9.17) is 0 Å². The Kier molecular flexibility index (Phi) is 7.90. The van der Waals surface area contributed by atoms with Gasteiger partial charge in [0.15, 0.2) is 0 Å². The summed E-state index contributed by atoms with van der Waals surface area (Å²) in [7, 11) is 0. The average Bonchev–Trinajstić information content (AvgIpc) is 3.42. The topological polar surface area (TPSA) is 58.4 Å². The van der Waals surface area contributed by atoms with Crippen molar-refractivity contribution in [3.63, 3.8) is 0 Å². The van der Waals surface area contributed by atoms with Crippen LogP contribution >= 0.6 is 11.8 Å². The van der Waals surface area contributed by atoms with Crippen molar-refractivity contribution in [1.29, 1.82) is 0 Å². The third kappa shape index (κ3) is 5.91. The molecular weight excluding hydrogens is 589 g/mol. The van der Waals surface area contributed by atoms with Crippen LogP contribution in [0.25, 0.3) is 17.0 Å². The number of benzene rings is 2. The zero-order valence-electron chi connectivity index (χ0n) is 22.3. The molecule has 5 rings (SSSR count). The molecule has 2 aliphatic rings. The van der Waals surface area contributed by atoms with Crippen molar-refractivity contribution in [2.45, 2.75) is 57.4 Å². The van der Waals surface area contributed by atoms with Crippen molar-refractivity contribution in [3.8, 4) is 0 Å². The van der Waals surface area contributed by atoms with Gasteiger partial charge in [0.25, 0.3) is 11.1 Å². The smallest absolute Gasteiger partial charge is 0.298 e. The summed E-state index contributed by atoms with van der Waals surface area (Å²) in [5.41, 5.74) is -2.28. The Morgan fingerprint density at radius 1 is 1.05 bits per heavy atom. The second-order valence-corrected chi connectivity index (χ2v) is 11.5. The zero-order chi connectivity index (χ0) is 30.6. The summed E-state index contributed by atoms with van der Waals surface area (Å²) in [6.07, 6.45) is -8.13. The lowest BCUT2D eigenvalue weighted by molar-refractivity contribution is -0.143. The summed E-state index contributed by atoms with van der Waals surface area (Å²) in [4.78, 5) is 28.9. The lowest BCUT2D eigenvalue weighted by Gasteiger charge is -2.39. The van der Waals surface area contributed by atoms with Crippen molar-refractivity contribution in [2.75, 3.05) is 13.1 Å². The number of aromatic nitrogens is 2. The second kappa shape index (κ2) is 11.0. The SMILES string of the molecule is CC(C)N1CC[C@H](N2C(=O)S/C(=C\c3ccc4c(cnn4Cc4ccc(C(F)(F)F)cc4C(F)(F)F)c3)C2=O)[C@@H](F)C1. The monoisotopic (exact) mass is 614 g/mol. The van der Waals surface area contributed by atoms with Crippen LogP contribution in [0.5, 0.6) is 0 Å². The molecule has 0 radical (unpaired) electrons. The summed E-state index contributed by atoms with van der Waals surface area (Å²) >= 11 is 0.709. The number of nitrogens with zero attached hydrogens (tertiary/aromatic N) is 4. The van der Waals surface area contributed by atoms with Crippen LogP contribution in [0, 0.1) is 0 Å². The summed E-state index contributed by atoms with van der Waals surface area (Å²) in [5, 5.41) is 4.05. The highest BCUT2D eigenvalue weighted by atomic mass is 32.2. The normalized spacial score (nSPS) is 21.9. The molecule has 42 heavy (non-hydrogen) atoms. The number of hydrogen-bond acceptors (Lipinski definition) is 5. The number of imide groups is 1. The molecule has 0 spiro atoms. The van der Waals surface area contributed by atoms with Gasteiger partial charge >= 0.3 is 12.4 Å². The maximum absolute atomic E-state index is 15.0. The number of likely N-dealkylation sites (tertiary alicyclic amines) is 1. The predicted octanol–water partition coefficient (Wildman–Crippen LogP) is 6.98. The number of hydrogen-bond donors (Lipinski definition) is 0. The number of thioether (sulfide) groups is 1. The second-order valence-electron chi connectivity index (χ2n) is 10.5. The first-order valence-electron chi connectivity index (χ1n) is 13.0. The number of fused-ring (bicyclic) bond motifs is 1. The molecule has 2 aliphatic heterocycles. The van der Waals surface area contributed by atoms with Gasteiger partial charge in [-0.3, -0.25) is 24.1 Å². The number of rotatable bonds is 5. The van der Waals surface area contributed by atoms with Gasteiger partial charge in [-0.1, -0.05) is 12.1 Å². The average molecular weight is 615 g/mol. The third-order valence-electron chi connectivity index (χ3n) is 7.45. The molecule has 2 aromatic carbocycles. The Bertz CT molecular complexity index is 1560. The molecule has 2 saturated heterocycles. The lowest BCUT2D eigenvalue weighted by atomic mass is 10.00. The fourth-order valence-electron chi connectivity index (χ4n) is 5.23. The minimum Gasteiger partial charge on any atom is -0.298 e. The number of alkyl halides is 7. The van der Waals surface area contributed by atoms with Crippen molar-refractivity contribution in [3.05, 3.63) is 69.8 Å². The van der Waals surface area contributed by atoms with E-state index in [2.05, 4.69) is 5.10 Å². The van der Waals surface area contributed by atoms with Gasteiger partial charge in [0.1, 0.15) is 6.17 Å². The third-order valence-corrected chi connectivity index (χ3v) is 8.33. The molecule has 224 valence electrons. The fourth-order valence-corrected chi connectivity index (χ4v) is 6.12. The van der Waals surface area contributed by atoms with Gasteiger partial charge in [-0.15, -0.1) is 0 Å². The van der Waals surface area contributed by atoms with E-state index in [-0.39, 0.29) is 29.1 Å². The number of carbonyl (C=O) groups excluding carboxylic acids is 2. The first-order valence-corrected chi connectivity index (χ1v) is 13.8. The van der Waals surface area contributed by atoms with E-state index in [1.165, 1.54) is 17.0 Å². The molecule has 14 heteroatoms. The molecule has 2 amide bonds. The number of amides is 2. The summed E-state index contributed by atoms with van der Waals surface area (Å²) in [5.74, 6) is -0.589. The summed E-state index contributed by atoms with van der Waals surface area (Å²) < 4.78 is 96.1. The Hall–Kier alpha value is -3.39. The molecule has 3 heterocycles. The molecule has 2 fully saturated rings. The predicted molar refractivity (Wildman–Crippen MR) is 143 cm³/mol. The number of piperidine rings is 1. The Morgan fingerprint density at radius 2 is 1.79 bits per heavy atom. The van der Waals surface area contributed by atoms with E-state index in [0.29, 0.717) is 47.3 Å². The van der Waals surface area contributed by atoms with Crippen molar-refractivity contribution in [1.82, 2.24) is 19.6 Å². The molecule has 6 nitrogen and oxygen atoms in total. The molecule has 0 aliphatic carbocycles. The van der Waals surface area contributed by atoms with Crippen molar-refractivity contribution >= 4 is 39.9 Å². The Morgan fingerprint density at radius 3 is 2.43 bits per heavy atom. The van der Waals surface area contributed by atoms with E-state index >= 15 is 0 Å². The van der Waals surface area contributed by atoms with E-state index in [9.17, 15) is 40.3 Å². The molecule has 0 unspecified atom stereocenters. The van der Waals surface area contributed by atoms with Crippen molar-refractivity contribution in [2.24, 2.45) is 0 Å². The Balaban J connectivity index is 1.37. The van der Waals surface area contributed by atoms with Crippen LogP contribution in [0.1, 0.15) is 42.5 Å². The van der Waals surface area contributed by atoms with Gasteiger partial charge < -0.3 is 0 Å². The van der Waals surface area contributed by atoms with Crippen LogP contribution in [0.4, 0.5) is 35.5 Å². The fraction of sp³-hybridized carbons (Fsp3) is 0.393. The van der Waals surface area contributed by atoms with Crippen LogP contribution in [-0.4, -0.2) is 62.1 Å². The lowest BCUT2D eigenvalue weighted by Crippen LogP contribution is -2.55. The van der Waals surface area contributed by atoms with Gasteiger partial charge in [-0.25, -0.2) is 4.39 Å². The molecule has 0 N–H and O–H groups in total. The highest BCUT2D eigenvalue weighted by Crippen LogP contribution is 2.39. The van der Waals surface area contributed by atoms with Gasteiger partial charge in [0.2, 0.25) is 0 Å². The van der Waals surface area contributed by atoms with Gasteiger partial charge in [0, 0.05) is 24.5 Å². The Labute approximate surface area is 240 Å². The van der Waals surface area contributed by atoms with E-state index < -0.39 is 53.4 Å². The number of carbonyl (C=O) groups is 2.